The number of rotatable bonds is 6. The van der Waals surface area contributed by atoms with E-state index in [9.17, 15) is 0 Å². The van der Waals surface area contributed by atoms with Gasteiger partial charge < -0.3 is 14.8 Å². The Morgan fingerprint density at radius 2 is 2.28 bits per heavy atom. The van der Waals surface area contributed by atoms with Gasteiger partial charge in [0.15, 0.2) is 11.6 Å². The topological polar surface area (TPSA) is 120 Å². The Morgan fingerprint density at radius 1 is 1.34 bits per heavy atom. The predicted octanol–water partition coefficient (Wildman–Crippen LogP) is 2.28. The minimum Gasteiger partial charge on any atom is -0.458 e. The lowest BCUT2D eigenvalue weighted by Crippen LogP contribution is -2.19. The maximum absolute atomic E-state index is 6.00. The van der Waals surface area contributed by atoms with Crippen LogP contribution in [0.15, 0.2) is 37.1 Å². The Kier molecular flexibility index (Phi) is 4.35. The van der Waals surface area contributed by atoms with Crippen molar-refractivity contribution in [2.45, 2.75) is 38.5 Å². The van der Waals surface area contributed by atoms with Gasteiger partial charge in [-0.25, -0.2) is 9.50 Å². The van der Waals surface area contributed by atoms with Gasteiger partial charge in [-0.3, -0.25) is 9.67 Å². The van der Waals surface area contributed by atoms with Crippen LogP contribution in [0.5, 0.6) is 6.01 Å². The molecule has 1 aliphatic rings. The molecule has 29 heavy (non-hydrogen) atoms. The van der Waals surface area contributed by atoms with E-state index in [1.165, 1.54) is 0 Å². The molecule has 4 aromatic heterocycles. The number of H-pyrrole nitrogens is 1. The van der Waals surface area contributed by atoms with E-state index in [4.69, 9.17) is 9.47 Å². The van der Waals surface area contributed by atoms with Crippen molar-refractivity contribution < 1.29 is 9.47 Å². The normalized spacial score (nSPS) is 19.3. The molecule has 5 heterocycles. The van der Waals surface area contributed by atoms with E-state index in [0.29, 0.717) is 30.7 Å². The van der Waals surface area contributed by atoms with E-state index < -0.39 is 0 Å². The van der Waals surface area contributed by atoms with Crippen molar-refractivity contribution in [2.75, 3.05) is 11.9 Å². The van der Waals surface area contributed by atoms with Crippen LogP contribution in [0.25, 0.3) is 5.52 Å². The first kappa shape index (κ1) is 17.6. The standard InChI is InChI=1S/C18H21N9O2/c1-11(2)26-10-20-25-18(26)29-12-7-15(28-9-12)13-8-16(24-23-13)22-17-14-3-4-21-27(14)6-5-19-17/h3-6,8,10-12,15H,7,9H2,1-2H3,(H2,19,22,23,24)/t12-,15-/m1/s1. The zero-order valence-corrected chi connectivity index (χ0v) is 16.1. The number of aromatic nitrogens is 8. The Hall–Kier alpha value is -3.47. The van der Waals surface area contributed by atoms with Crippen LogP contribution >= 0.6 is 0 Å². The molecule has 11 heteroatoms. The lowest BCUT2D eigenvalue weighted by Gasteiger charge is -2.14. The zero-order valence-electron chi connectivity index (χ0n) is 16.1. The van der Waals surface area contributed by atoms with Crippen molar-refractivity contribution >= 4 is 17.2 Å². The van der Waals surface area contributed by atoms with Crippen LogP contribution in [0.1, 0.15) is 38.1 Å². The van der Waals surface area contributed by atoms with Gasteiger partial charge in [0.25, 0.3) is 0 Å². The molecular weight excluding hydrogens is 374 g/mol. The van der Waals surface area contributed by atoms with E-state index >= 15 is 0 Å². The van der Waals surface area contributed by atoms with Gasteiger partial charge in [-0.05, 0) is 19.9 Å². The highest BCUT2D eigenvalue weighted by Crippen LogP contribution is 2.31. The number of ether oxygens (including phenoxy) is 2. The van der Waals surface area contributed by atoms with Gasteiger partial charge in [0.1, 0.15) is 24.1 Å². The molecule has 4 aromatic rings. The highest BCUT2D eigenvalue weighted by Gasteiger charge is 2.31. The fraction of sp³-hybridized carbons (Fsp3) is 0.389. The number of aromatic amines is 1. The fourth-order valence-corrected chi connectivity index (χ4v) is 3.36. The van der Waals surface area contributed by atoms with Gasteiger partial charge in [-0.2, -0.15) is 10.2 Å². The van der Waals surface area contributed by atoms with Crippen LogP contribution in [0.4, 0.5) is 11.6 Å². The van der Waals surface area contributed by atoms with Crippen molar-refractivity contribution in [3.8, 4) is 6.01 Å². The van der Waals surface area contributed by atoms with E-state index in [1.54, 1.807) is 29.4 Å². The third-order valence-corrected chi connectivity index (χ3v) is 4.84. The highest BCUT2D eigenvalue weighted by molar-refractivity contribution is 5.71. The average molecular weight is 395 g/mol. The number of fused-ring (bicyclic) bond motifs is 1. The maximum Gasteiger partial charge on any atom is 0.317 e. The summed E-state index contributed by atoms with van der Waals surface area (Å²) in [6.07, 6.45) is 7.36. The van der Waals surface area contributed by atoms with E-state index in [1.807, 2.05) is 16.7 Å². The molecule has 0 aliphatic carbocycles. The van der Waals surface area contributed by atoms with Gasteiger partial charge in [0.2, 0.25) is 0 Å². The van der Waals surface area contributed by atoms with Crippen molar-refractivity contribution in [3.63, 3.8) is 0 Å². The third-order valence-electron chi connectivity index (χ3n) is 4.84. The summed E-state index contributed by atoms with van der Waals surface area (Å²) in [5, 5.41) is 22.8. The van der Waals surface area contributed by atoms with Gasteiger partial charge in [0.05, 0.1) is 18.5 Å². The van der Waals surface area contributed by atoms with E-state index in [-0.39, 0.29) is 18.2 Å². The molecule has 1 fully saturated rings. The summed E-state index contributed by atoms with van der Waals surface area (Å²) in [7, 11) is 0. The molecule has 0 saturated carbocycles. The number of anilines is 2. The van der Waals surface area contributed by atoms with Gasteiger partial charge in [0, 0.05) is 30.9 Å². The van der Waals surface area contributed by atoms with Crippen LogP contribution in [0.2, 0.25) is 0 Å². The summed E-state index contributed by atoms with van der Waals surface area (Å²) in [5.41, 5.74) is 1.75. The van der Waals surface area contributed by atoms with Crippen molar-refractivity contribution in [1.82, 2.24) is 39.6 Å². The molecule has 2 N–H and O–H groups in total. The summed E-state index contributed by atoms with van der Waals surface area (Å²) in [4.78, 5) is 4.37. The quantitative estimate of drug-likeness (QED) is 0.510. The van der Waals surface area contributed by atoms with E-state index in [0.717, 1.165) is 11.2 Å². The van der Waals surface area contributed by atoms with Crippen molar-refractivity contribution in [3.05, 3.63) is 42.7 Å². The second-order valence-corrected chi connectivity index (χ2v) is 7.18. The second-order valence-electron chi connectivity index (χ2n) is 7.18. The first-order valence-electron chi connectivity index (χ1n) is 9.46. The summed E-state index contributed by atoms with van der Waals surface area (Å²) in [6.45, 7) is 4.60. The van der Waals surface area contributed by atoms with Crippen LogP contribution in [0.3, 0.4) is 0 Å². The van der Waals surface area contributed by atoms with Crippen LogP contribution in [0, 0.1) is 0 Å². The van der Waals surface area contributed by atoms with Crippen LogP contribution < -0.4 is 10.1 Å². The van der Waals surface area contributed by atoms with Gasteiger partial charge in [-0.15, -0.1) is 5.10 Å². The molecule has 11 nitrogen and oxygen atoms in total. The molecular formula is C18H21N9O2. The molecule has 0 bridgehead atoms. The van der Waals surface area contributed by atoms with E-state index in [2.05, 4.69) is 49.6 Å². The zero-order chi connectivity index (χ0) is 19.8. The summed E-state index contributed by atoms with van der Waals surface area (Å²) >= 11 is 0. The minimum atomic E-state index is -0.128. The van der Waals surface area contributed by atoms with Crippen molar-refractivity contribution in [2.24, 2.45) is 0 Å². The summed E-state index contributed by atoms with van der Waals surface area (Å²) in [5.74, 6) is 1.35. The monoisotopic (exact) mass is 395 g/mol. The fourth-order valence-electron chi connectivity index (χ4n) is 3.36. The lowest BCUT2D eigenvalue weighted by molar-refractivity contribution is 0.0885. The maximum atomic E-state index is 6.00. The molecule has 0 spiro atoms. The van der Waals surface area contributed by atoms with Gasteiger partial charge >= 0.3 is 6.01 Å². The number of nitrogens with one attached hydrogen (secondary N) is 2. The first-order valence-corrected chi connectivity index (χ1v) is 9.46. The molecule has 2 atom stereocenters. The molecule has 1 aliphatic heterocycles. The SMILES string of the molecule is CC(C)n1cnnc1O[C@H]1CO[C@@H](c2cc(Nc3nccn4nccc34)n[nH]2)C1. The largest absolute Gasteiger partial charge is 0.458 e. The number of hydrogen-bond acceptors (Lipinski definition) is 8. The second kappa shape index (κ2) is 7.17. The predicted molar refractivity (Wildman–Crippen MR) is 103 cm³/mol. The van der Waals surface area contributed by atoms with Crippen LogP contribution in [-0.4, -0.2) is 52.3 Å². The molecule has 5 rings (SSSR count). The van der Waals surface area contributed by atoms with Crippen molar-refractivity contribution in [1.29, 1.82) is 0 Å². The first-order chi connectivity index (χ1) is 14.2. The summed E-state index contributed by atoms with van der Waals surface area (Å²) in [6, 6.07) is 4.56. The Labute approximate surface area is 166 Å². The Morgan fingerprint density at radius 3 is 3.17 bits per heavy atom. The van der Waals surface area contributed by atoms with Gasteiger partial charge in [-0.1, -0.05) is 5.10 Å². The molecule has 0 amide bonds. The highest BCUT2D eigenvalue weighted by atomic mass is 16.6. The lowest BCUT2D eigenvalue weighted by atomic mass is 10.1. The molecule has 0 radical (unpaired) electrons. The molecule has 150 valence electrons. The minimum absolute atomic E-state index is 0.0939. The summed E-state index contributed by atoms with van der Waals surface area (Å²) < 4.78 is 15.6. The van der Waals surface area contributed by atoms with Crippen LogP contribution in [-0.2, 0) is 4.74 Å². The third kappa shape index (κ3) is 3.40. The Balaban J connectivity index is 1.25. The smallest absolute Gasteiger partial charge is 0.317 e. The average Bonchev–Trinajstić information content (AvgIpc) is 3.49. The molecule has 0 unspecified atom stereocenters. The number of nitrogens with zero attached hydrogens (tertiary/aromatic N) is 7. The molecule has 1 saturated heterocycles. The number of hydrogen-bond donors (Lipinski definition) is 2. The Bertz CT molecular complexity index is 1120. The molecule has 0 aromatic carbocycles.